The zero-order valence-corrected chi connectivity index (χ0v) is 19.1. The van der Waals surface area contributed by atoms with E-state index in [-0.39, 0.29) is 17.9 Å². The van der Waals surface area contributed by atoms with E-state index in [1.807, 2.05) is 30.3 Å². The van der Waals surface area contributed by atoms with Crippen LogP contribution in [0.4, 0.5) is 5.13 Å². The number of carbonyl (C=O) groups is 2. The van der Waals surface area contributed by atoms with E-state index in [2.05, 4.69) is 20.5 Å². The molecular formula is C24H25N5O3S. The Morgan fingerprint density at radius 2 is 1.91 bits per heavy atom. The van der Waals surface area contributed by atoms with Crippen LogP contribution in [0.2, 0.25) is 0 Å². The van der Waals surface area contributed by atoms with Gasteiger partial charge >= 0.3 is 0 Å². The molecule has 9 heteroatoms. The molecule has 1 N–H and O–H groups in total. The molecule has 1 aliphatic carbocycles. The van der Waals surface area contributed by atoms with Crippen LogP contribution in [0.15, 0.2) is 48.7 Å². The van der Waals surface area contributed by atoms with E-state index in [1.54, 1.807) is 30.3 Å². The molecule has 3 heterocycles. The minimum Gasteiger partial charge on any atom is -0.496 e. The van der Waals surface area contributed by atoms with Crippen molar-refractivity contribution in [2.75, 3.05) is 12.4 Å². The van der Waals surface area contributed by atoms with Crippen molar-refractivity contribution in [3.63, 3.8) is 0 Å². The van der Waals surface area contributed by atoms with Crippen LogP contribution in [0.1, 0.15) is 42.5 Å². The number of amides is 2. The van der Waals surface area contributed by atoms with Crippen molar-refractivity contribution in [1.82, 2.24) is 20.1 Å². The fourth-order valence-corrected chi connectivity index (χ4v) is 5.73. The Kier molecular flexibility index (Phi) is 6.04. The van der Waals surface area contributed by atoms with E-state index >= 15 is 0 Å². The topological polar surface area (TPSA) is 97.3 Å². The third-order valence-electron chi connectivity index (χ3n) is 6.50. The zero-order valence-electron chi connectivity index (χ0n) is 18.3. The number of hydrogen-bond acceptors (Lipinski definition) is 7. The number of aromatic nitrogens is 3. The summed E-state index contributed by atoms with van der Waals surface area (Å²) in [6, 6.07) is 12.3. The molecule has 2 amide bonds. The quantitative estimate of drug-likeness (QED) is 0.614. The molecule has 1 aliphatic heterocycles. The van der Waals surface area contributed by atoms with Gasteiger partial charge in [-0.1, -0.05) is 42.4 Å². The lowest BCUT2D eigenvalue weighted by molar-refractivity contribution is -0.120. The summed E-state index contributed by atoms with van der Waals surface area (Å²) in [6.45, 7) is 0. The van der Waals surface area contributed by atoms with E-state index < -0.39 is 6.04 Å². The first-order valence-electron chi connectivity index (χ1n) is 11.2. The van der Waals surface area contributed by atoms with Crippen LogP contribution in [0, 0.1) is 5.92 Å². The van der Waals surface area contributed by atoms with Crippen molar-refractivity contribution < 1.29 is 14.3 Å². The summed E-state index contributed by atoms with van der Waals surface area (Å²) >= 11 is 1.27. The van der Waals surface area contributed by atoms with E-state index in [0.717, 1.165) is 25.7 Å². The Morgan fingerprint density at radius 1 is 1.09 bits per heavy atom. The number of nitrogens with zero attached hydrogens (tertiary/aromatic N) is 4. The van der Waals surface area contributed by atoms with Crippen LogP contribution in [-0.4, -0.2) is 51.1 Å². The molecule has 5 rings (SSSR count). The summed E-state index contributed by atoms with van der Waals surface area (Å²) in [7, 11) is 1.55. The molecule has 2 aliphatic rings. The highest BCUT2D eigenvalue weighted by Gasteiger charge is 2.48. The molecule has 8 nitrogen and oxygen atoms in total. The number of hydrogen-bond donors (Lipinski definition) is 1. The summed E-state index contributed by atoms with van der Waals surface area (Å²) < 4.78 is 5.43. The van der Waals surface area contributed by atoms with Crippen LogP contribution in [0.5, 0.6) is 5.75 Å². The lowest BCUT2D eigenvalue weighted by atomic mass is 9.84. The van der Waals surface area contributed by atoms with Crippen molar-refractivity contribution in [2.45, 2.75) is 44.2 Å². The molecule has 2 fully saturated rings. The number of fused-ring (bicyclic) bond motifs is 1. The molecule has 0 bridgehead atoms. The molecule has 33 heavy (non-hydrogen) atoms. The number of anilines is 1. The average molecular weight is 464 g/mol. The van der Waals surface area contributed by atoms with Crippen LogP contribution >= 0.6 is 11.3 Å². The molecule has 1 aromatic carbocycles. The molecular weight excluding hydrogens is 438 g/mol. The highest BCUT2D eigenvalue weighted by atomic mass is 32.1. The Labute approximate surface area is 196 Å². The molecule has 1 saturated carbocycles. The molecule has 0 radical (unpaired) electrons. The molecule has 1 saturated heterocycles. The highest BCUT2D eigenvalue weighted by molar-refractivity contribution is 7.18. The van der Waals surface area contributed by atoms with Gasteiger partial charge in [0, 0.05) is 12.2 Å². The van der Waals surface area contributed by atoms with Crippen LogP contribution in [-0.2, 0) is 4.79 Å². The summed E-state index contributed by atoms with van der Waals surface area (Å²) in [5.74, 6) is 0.460. The van der Waals surface area contributed by atoms with E-state index in [9.17, 15) is 9.59 Å². The number of benzene rings is 1. The smallest absolute Gasteiger partial charge is 0.258 e. The molecule has 170 valence electrons. The van der Waals surface area contributed by atoms with Gasteiger partial charge in [0.1, 0.15) is 17.5 Å². The molecule has 0 spiro atoms. The number of likely N-dealkylation sites (tertiary alicyclic amines) is 1. The first-order chi connectivity index (χ1) is 16.2. The summed E-state index contributed by atoms with van der Waals surface area (Å²) in [5.41, 5.74) is 1.19. The predicted molar refractivity (Wildman–Crippen MR) is 125 cm³/mol. The molecule has 3 atom stereocenters. The van der Waals surface area contributed by atoms with Gasteiger partial charge in [-0.2, -0.15) is 0 Å². The fourth-order valence-electron chi connectivity index (χ4n) is 5.00. The normalized spacial score (nSPS) is 22.0. The Hall–Kier alpha value is -3.33. The van der Waals surface area contributed by atoms with Crippen LogP contribution < -0.4 is 10.1 Å². The van der Waals surface area contributed by atoms with Crippen molar-refractivity contribution in [2.24, 2.45) is 5.92 Å². The third kappa shape index (κ3) is 4.20. The van der Waals surface area contributed by atoms with Crippen molar-refractivity contribution in [3.8, 4) is 16.5 Å². The maximum atomic E-state index is 13.7. The van der Waals surface area contributed by atoms with Gasteiger partial charge in [0.05, 0.1) is 12.7 Å². The zero-order chi connectivity index (χ0) is 22.8. The van der Waals surface area contributed by atoms with Gasteiger partial charge in [0.25, 0.3) is 5.91 Å². The number of para-hydroxylation sites is 1. The monoisotopic (exact) mass is 463 g/mol. The van der Waals surface area contributed by atoms with Gasteiger partial charge in [-0.15, -0.1) is 10.2 Å². The Morgan fingerprint density at radius 3 is 2.73 bits per heavy atom. The van der Waals surface area contributed by atoms with Crippen LogP contribution in [0.3, 0.4) is 0 Å². The van der Waals surface area contributed by atoms with Gasteiger partial charge in [0.15, 0.2) is 5.01 Å². The van der Waals surface area contributed by atoms with Gasteiger partial charge in [-0.05, 0) is 49.4 Å². The molecule has 3 unspecified atom stereocenters. The largest absolute Gasteiger partial charge is 0.496 e. The van der Waals surface area contributed by atoms with E-state index in [1.165, 1.54) is 11.3 Å². The van der Waals surface area contributed by atoms with Gasteiger partial charge in [0.2, 0.25) is 11.0 Å². The van der Waals surface area contributed by atoms with Gasteiger partial charge in [-0.3, -0.25) is 19.9 Å². The molecule has 3 aromatic rings. The van der Waals surface area contributed by atoms with Gasteiger partial charge < -0.3 is 9.64 Å². The molecule has 2 aromatic heterocycles. The van der Waals surface area contributed by atoms with E-state index in [0.29, 0.717) is 39.5 Å². The first-order valence-corrected chi connectivity index (χ1v) is 12.0. The van der Waals surface area contributed by atoms with Crippen molar-refractivity contribution >= 4 is 28.3 Å². The van der Waals surface area contributed by atoms with Gasteiger partial charge in [-0.25, -0.2) is 0 Å². The summed E-state index contributed by atoms with van der Waals surface area (Å²) in [4.78, 5) is 33.1. The maximum Gasteiger partial charge on any atom is 0.258 e. The second kappa shape index (κ2) is 9.27. The first kappa shape index (κ1) is 21.5. The van der Waals surface area contributed by atoms with Crippen molar-refractivity contribution in [3.05, 3.63) is 54.2 Å². The minimum absolute atomic E-state index is 0.0606. The highest BCUT2D eigenvalue weighted by Crippen LogP contribution is 2.41. The third-order valence-corrected chi connectivity index (χ3v) is 7.36. The summed E-state index contributed by atoms with van der Waals surface area (Å²) in [5, 5.41) is 12.2. The van der Waals surface area contributed by atoms with E-state index in [4.69, 9.17) is 4.74 Å². The second-order valence-electron chi connectivity index (χ2n) is 8.39. The maximum absolute atomic E-state index is 13.7. The number of pyridine rings is 1. The van der Waals surface area contributed by atoms with Crippen LogP contribution in [0.25, 0.3) is 10.7 Å². The number of ether oxygens (including phenoxy) is 1. The Bertz CT molecular complexity index is 1150. The standard InChI is InChI=1S/C24H25N5O3S/c1-32-20-12-5-3-9-16(20)23(31)29-18-11-4-2-8-15(18)14-19(29)21(30)26-24-28-27-22(33-24)17-10-6-7-13-25-17/h3,5-7,9-10,12-13,15,18-19H,2,4,8,11,14H2,1H3,(H,26,28,30). The number of carbonyl (C=O) groups excluding carboxylic acids is 2. The predicted octanol–water partition coefficient (Wildman–Crippen LogP) is 4.02. The lowest BCUT2D eigenvalue weighted by Gasteiger charge is -2.33. The lowest BCUT2D eigenvalue weighted by Crippen LogP contribution is -2.48. The summed E-state index contributed by atoms with van der Waals surface area (Å²) in [6.07, 6.45) is 6.50. The fraction of sp³-hybridized carbons (Fsp3) is 0.375. The number of rotatable bonds is 5. The SMILES string of the molecule is COc1ccccc1C(=O)N1C(C(=O)Nc2nnc(-c3ccccn3)s2)CC2CCCCC21. The van der Waals surface area contributed by atoms with Crippen molar-refractivity contribution in [1.29, 1.82) is 0 Å². The number of methoxy groups -OCH3 is 1. The second-order valence-corrected chi connectivity index (χ2v) is 9.37. The minimum atomic E-state index is -0.558. The number of nitrogens with one attached hydrogen (secondary N) is 1. The average Bonchev–Trinajstić information content (AvgIpc) is 3.49. The Balaban J connectivity index is 1.40.